The van der Waals surface area contributed by atoms with Crippen LogP contribution in [0.5, 0.6) is 5.88 Å². The van der Waals surface area contributed by atoms with Gasteiger partial charge in [-0.05, 0) is 48.2 Å². The topological polar surface area (TPSA) is 46.0 Å². The highest BCUT2D eigenvalue weighted by molar-refractivity contribution is 7.11. The highest BCUT2D eigenvalue weighted by Crippen LogP contribution is 2.26. The van der Waals surface area contributed by atoms with E-state index in [-0.39, 0.29) is 11.7 Å². The summed E-state index contributed by atoms with van der Waals surface area (Å²) in [5.74, 6) is -0.239. The van der Waals surface area contributed by atoms with Gasteiger partial charge in [0.05, 0.1) is 17.5 Å². The first kappa shape index (κ1) is 23.4. The maximum atomic E-state index is 13.6. The second kappa shape index (κ2) is 13.5. The molecular weight excluding hydrogens is 403 g/mol. The predicted octanol–water partition coefficient (Wildman–Crippen LogP) is 6.24. The molecule has 3 rings (SSSR count). The molecule has 0 saturated carbocycles. The van der Waals surface area contributed by atoms with Crippen LogP contribution >= 0.6 is 22.7 Å². The molecule has 0 unspecified atom stereocenters. The van der Waals surface area contributed by atoms with Gasteiger partial charge in [0.2, 0.25) is 5.88 Å². The molecule has 0 aliphatic carbocycles. The van der Waals surface area contributed by atoms with Crippen molar-refractivity contribution in [1.29, 1.82) is 0 Å². The van der Waals surface area contributed by atoms with Gasteiger partial charge in [0, 0.05) is 10.9 Å². The number of aromatic nitrogens is 2. The van der Waals surface area contributed by atoms with Crippen LogP contribution < -0.4 is 0 Å². The fraction of sp³-hybridized carbons (Fsp3) is 0.0435. The number of rotatable bonds is 3. The van der Waals surface area contributed by atoms with Crippen LogP contribution in [0, 0.1) is 5.82 Å². The fourth-order valence-electron chi connectivity index (χ4n) is 1.85. The zero-order chi connectivity index (χ0) is 21.5. The minimum atomic E-state index is -0.272. The highest BCUT2D eigenvalue weighted by Gasteiger charge is 2.10. The van der Waals surface area contributed by atoms with Gasteiger partial charge in [-0.2, -0.15) is 0 Å². The zero-order valence-corrected chi connectivity index (χ0v) is 17.2. The van der Waals surface area contributed by atoms with Crippen molar-refractivity contribution in [3.05, 3.63) is 112 Å². The Kier molecular flexibility index (Phi) is 10.9. The van der Waals surface area contributed by atoms with Crippen molar-refractivity contribution in [2.24, 2.45) is 0 Å². The van der Waals surface area contributed by atoms with Crippen LogP contribution in [0.25, 0.3) is 11.3 Å². The molecule has 0 radical (unpaired) electrons. The van der Waals surface area contributed by atoms with Crippen molar-refractivity contribution in [2.75, 3.05) is 0 Å². The Hall–Kier alpha value is -3.63. The Morgan fingerprint density at radius 3 is 2.03 bits per heavy atom. The molecule has 2 aromatic heterocycles. The summed E-state index contributed by atoms with van der Waals surface area (Å²) in [7, 11) is 0. The van der Waals surface area contributed by atoms with Crippen LogP contribution in [0.4, 0.5) is 4.39 Å². The van der Waals surface area contributed by atoms with Gasteiger partial charge in [-0.25, -0.2) is 14.4 Å². The van der Waals surface area contributed by atoms with E-state index in [0.29, 0.717) is 17.7 Å². The van der Waals surface area contributed by atoms with E-state index in [1.54, 1.807) is 23.6 Å². The normalized spacial score (nSPS) is 8.17. The molecule has 144 valence electrons. The van der Waals surface area contributed by atoms with Gasteiger partial charge in [-0.15, -0.1) is 35.8 Å². The van der Waals surface area contributed by atoms with Gasteiger partial charge in [-0.1, -0.05) is 23.6 Å². The van der Waals surface area contributed by atoms with Crippen LogP contribution in [0.2, 0.25) is 0 Å². The third kappa shape index (κ3) is 8.28. The maximum Gasteiger partial charge on any atom is 0.222 e. The molecule has 0 amide bonds. The average molecular weight is 421 g/mol. The van der Waals surface area contributed by atoms with E-state index in [0.717, 1.165) is 10.0 Å². The van der Waals surface area contributed by atoms with Crippen LogP contribution in [-0.2, 0) is 6.42 Å². The molecule has 0 aliphatic heterocycles. The SMILES string of the molecule is C=C.C=C=C=C=C=C=C=C.Oc1csc(Cc2nc(-c3ccccc3F)cs2)n1. The lowest BCUT2D eigenvalue weighted by Crippen LogP contribution is -1.88. The number of hydrogen-bond donors (Lipinski definition) is 1. The summed E-state index contributed by atoms with van der Waals surface area (Å²) in [4.78, 5) is 8.38. The van der Waals surface area contributed by atoms with Gasteiger partial charge in [-0.3, -0.25) is 0 Å². The van der Waals surface area contributed by atoms with E-state index in [4.69, 9.17) is 0 Å². The van der Waals surface area contributed by atoms with Crippen molar-refractivity contribution in [2.45, 2.75) is 6.42 Å². The van der Waals surface area contributed by atoms with Gasteiger partial charge in [0.25, 0.3) is 0 Å². The van der Waals surface area contributed by atoms with Crippen molar-refractivity contribution in [3.63, 3.8) is 0 Å². The molecule has 0 atom stereocenters. The molecule has 2 heterocycles. The van der Waals surface area contributed by atoms with Gasteiger partial charge in [0.1, 0.15) is 15.8 Å². The van der Waals surface area contributed by atoms with Gasteiger partial charge >= 0.3 is 0 Å². The predicted molar refractivity (Wildman–Crippen MR) is 118 cm³/mol. The molecule has 3 aromatic rings. The number of halogens is 1. The molecule has 3 nitrogen and oxygen atoms in total. The Labute approximate surface area is 177 Å². The number of nitrogens with zero attached hydrogens (tertiary/aromatic N) is 2. The first-order chi connectivity index (χ1) is 14.1. The number of thiazole rings is 2. The van der Waals surface area contributed by atoms with E-state index >= 15 is 0 Å². The van der Waals surface area contributed by atoms with Crippen LogP contribution in [0.1, 0.15) is 10.0 Å². The van der Waals surface area contributed by atoms with Crippen LogP contribution in [0.3, 0.4) is 0 Å². The first-order valence-electron chi connectivity index (χ1n) is 8.01. The van der Waals surface area contributed by atoms with E-state index in [9.17, 15) is 9.50 Å². The van der Waals surface area contributed by atoms with Crippen molar-refractivity contribution in [1.82, 2.24) is 9.97 Å². The van der Waals surface area contributed by atoms with Gasteiger partial charge in [0.15, 0.2) is 0 Å². The summed E-state index contributed by atoms with van der Waals surface area (Å²) < 4.78 is 13.6. The summed E-state index contributed by atoms with van der Waals surface area (Å²) in [6, 6.07) is 6.58. The third-order valence-electron chi connectivity index (χ3n) is 2.91. The molecule has 29 heavy (non-hydrogen) atoms. The van der Waals surface area contributed by atoms with Crippen molar-refractivity contribution in [3.8, 4) is 17.1 Å². The molecule has 1 N–H and O–H groups in total. The number of benzene rings is 1. The Balaban J connectivity index is 0.000000358. The lowest BCUT2D eigenvalue weighted by molar-refractivity contribution is 0.456. The fourth-order valence-corrected chi connectivity index (χ4v) is 3.40. The maximum absolute atomic E-state index is 13.6. The largest absolute Gasteiger partial charge is 0.493 e. The lowest BCUT2D eigenvalue weighted by Gasteiger charge is -1.97. The third-order valence-corrected chi connectivity index (χ3v) is 4.59. The monoisotopic (exact) mass is 420 g/mol. The molecule has 0 bridgehead atoms. The standard InChI is InChI=1S/C13H9FN2OS2.C8H4.C2H4/c14-9-4-2-1-3-8(9)10-6-18-12(15-10)5-13-16-11(17)7-19-13;1-3-5-7-8-6-4-2;1-2/h1-4,6-7,17H,5H2;1-2H2;1-2H2. The first-order valence-corrected chi connectivity index (χ1v) is 9.76. The van der Waals surface area contributed by atoms with E-state index < -0.39 is 0 Å². The molecule has 6 heteroatoms. The number of aromatic hydroxyl groups is 1. The van der Waals surface area contributed by atoms with Crippen molar-refractivity contribution < 1.29 is 9.50 Å². The van der Waals surface area contributed by atoms with Crippen molar-refractivity contribution >= 4 is 22.7 Å². The second-order valence-corrected chi connectivity index (χ2v) is 6.62. The second-order valence-electron chi connectivity index (χ2n) is 4.74. The summed E-state index contributed by atoms with van der Waals surface area (Å²) >= 11 is 2.85. The molecule has 0 aliphatic rings. The zero-order valence-electron chi connectivity index (χ0n) is 15.5. The summed E-state index contributed by atoms with van der Waals surface area (Å²) in [6.45, 7) is 12.5. The number of hydrogen-bond acceptors (Lipinski definition) is 5. The Morgan fingerprint density at radius 1 is 0.897 bits per heavy atom. The molecule has 0 fully saturated rings. The molecule has 0 spiro atoms. The summed E-state index contributed by atoms with van der Waals surface area (Å²) in [6.07, 6.45) is 0.560. The Morgan fingerprint density at radius 2 is 1.48 bits per heavy atom. The van der Waals surface area contributed by atoms with Gasteiger partial charge < -0.3 is 5.11 Å². The molecule has 0 saturated heterocycles. The highest BCUT2D eigenvalue weighted by atomic mass is 32.1. The minimum Gasteiger partial charge on any atom is -0.493 e. The van der Waals surface area contributed by atoms with Crippen LogP contribution in [-0.4, -0.2) is 15.1 Å². The Bertz CT molecular complexity index is 1130. The summed E-state index contributed by atoms with van der Waals surface area (Å²) in [5, 5.41) is 14.3. The lowest BCUT2D eigenvalue weighted by atomic mass is 10.1. The molecular formula is C23H17FN2OS2. The summed E-state index contributed by atoms with van der Waals surface area (Å²) in [5.41, 5.74) is 15.6. The van der Waals surface area contributed by atoms with Crippen LogP contribution in [0.15, 0.2) is 95.7 Å². The minimum absolute atomic E-state index is 0.0332. The average Bonchev–Trinajstić information content (AvgIpc) is 3.37. The van der Waals surface area contributed by atoms with E-state index in [1.807, 2.05) is 5.38 Å². The molecule has 1 aromatic carbocycles. The van der Waals surface area contributed by atoms with E-state index in [2.05, 4.69) is 70.7 Å². The smallest absolute Gasteiger partial charge is 0.222 e. The quantitative estimate of drug-likeness (QED) is 0.403. The van der Waals surface area contributed by atoms with E-state index in [1.165, 1.54) is 28.7 Å².